The monoisotopic (exact) mass is 413 g/mol. The number of hydrogen-bond donors (Lipinski definition) is 0. The Bertz CT molecular complexity index is 786. The lowest BCUT2D eigenvalue weighted by Crippen LogP contribution is -2.53. The Labute approximate surface area is 178 Å². The van der Waals surface area contributed by atoms with Crippen molar-refractivity contribution in [2.24, 2.45) is 5.92 Å². The first kappa shape index (κ1) is 21.9. The summed E-state index contributed by atoms with van der Waals surface area (Å²) in [5.74, 6) is 0.665. The summed E-state index contributed by atoms with van der Waals surface area (Å²) in [5, 5.41) is 0. The zero-order chi connectivity index (χ0) is 21.7. The van der Waals surface area contributed by atoms with E-state index in [0.717, 1.165) is 11.1 Å². The summed E-state index contributed by atoms with van der Waals surface area (Å²) in [6, 6.07) is 5.90. The van der Waals surface area contributed by atoms with E-state index >= 15 is 0 Å². The first-order valence-electron chi connectivity index (χ1n) is 10.6. The van der Waals surface area contributed by atoms with Crippen LogP contribution in [-0.2, 0) is 14.4 Å². The van der Waals surface area contributed by atoms with Crippen molar-refractivity contribution in [2.75, 3.05) is 45.9 Å². The van der Waals surface area contributed by atoms with Gasteiger partial charge in [0.25, 0.3) is 5.91 Å². The Morgan fingerprint density at radius 2 is 1.50 bits per heavy atom. The number of benzene rings is 1. The molecule has 0 saturated carbocycles. The van der Waals surface area contributed by atoms with Crippen LogP contribution in [0.3, 0.4) is 0 Å². The highest BCUT2D eigenvalue weighted by Gasteiger charge is 2.32. The van der Waals surface area contributed by atoms with Crippen LogP contribution in [0.1, 0.15) is 24.0 Å². The molecule has 162 valence electrons. The molecule has 0 bridgehead atoms. The maximum absolute atomic E-state index is 12.8. The molecule has 0 spiro atoms. The van der Waals surface area contributed by atoms with Gasteiger partial charge in [-0.3, -0.25) is 14.4 Å². The molecular weight excluding hydrogens is 382 g/mol. The number of amides is 3. The summed E-state index contributed by atoms with van der Waals surface area (Å²) in [6.07, 6.45) is 2.69. The normalized spacial score (nSPS) is 17.6. The molecule has 0 radical (unpaired) electrons. The van der Waals surface area contributed by atoms with E-state index < -0.39 is 0 Å². The van der Waals surface area contributed by atoms with Gasteiger partial charge in [-0.25, -0.2) is 0 Å². The maximum Gasteiger partial charge on any atom is 0.260 e. The van der Waals surface area contributed by atoms with Crippen LogP contribution in [0.4, 0.5) is 0 Å². The van der Waals surface area contributed by atoms with Crippen LogP contribution in [-0.4, -0.2) is 78.3 Å². The molecule has 2 heterocycles. The number of likely N-dealkylation sites (tertiary alicyclic amines) is 1. The van der Waals surface area contributed by atoms with Gasteiger partial charge in [-0.15, -0.1) is 0 Å². The number of rotatable bonds is 5. The summed E-state index contributed by atoms with van der Waals surface area (Å²) in [7, 11) is 0. The maximum atomic E-state index is 12.8. The highest BCUT2D eigenvalue weighted by Crippen LogP contribution is 2.21. The second kappa shape index (κ2) is 9.78. The van der Waals surface area contributed by atoms with Crippen LogP contribution in [0.2, 0.25) is 0 Å². The molecule has 7 nitrogen and oxygen atoms in total. The molecule has 0 N–H and O–H groups in total. The molecule has 30 heavy (non-hydrogen) atoms. The Hall–Kier alpha value is -2.83. The highest BCUT2D eigenvalue weighted by molar-refractivity contribution is 5.87. The third-order valence-corrected chi connectivity index (χ3v) is 5.83. The molecule has 0 aliphatic carbocycles. The zero-order valence-corrected chi connectivity index (χ0v) is 17.9. The molecule has 0 unspecified atom stereocenters. The lowest BCUT2D eigenvalue weighted by atomic mass is 9.95. The summed E-state index contributed by atoms with van der Waals surface area (Å²) in [5.41, 5.74) is 2.20. The molecule has 2 aliphatic heterocycles. The van der Waals surface area contributed by atoms with E-state index in [1.165, 1.54) is 6.08 Å². The molecule has 2 saturated heterocycles. The molecule has 2 fully saturated rings. The molecule has 1 aromatic rings. The number of carbonyl (C=O) groups is 3. The largest absolute Gasteiger partial charge is 0.484 e. The van der Waals surface area contributed by atoms with E-state index in [-0.39, 0.29) is 30.2 Å². The molecule has 7 heteroatoms. The molecule has 0 aromatic heterocycles. The van der Waals surface area contributed by atoms with Crippen molar-refractivity contribution in [3.05, 3.63) is 42.0 Å². The van der Waals surface area contributed by atoms with Crippen molar-refractivity contribution in [3.63, 3.8) is 0 Å². The third-order valence-electron chi connectivity index (χ3n) is 5.83. The van der Waals surface area contributed by atoms with E-state index in [9.17, 15) is 14.4 Å². The van der Waals surface area contributed by atoms with Gasteiger partial charge in [0.1, 0.15) is 5.75 Å². The predicted molar refractivity (Wildman–Crippen MR) is 114 cm³/mol. The van der Waals surface area contributed by atoms with E-state index in [2.05, 4.69) is 12.6 Å². The number of piperazine rings is 1. The fourth-order valence-corrected chi connectivity index (χ4v) is 4.16. The minimum Gasteiger partial charge on any atom is -0.484 e. The second-order valence-electron chi connectivity index (χ2n) is 8.12. The van der Waals surface area contributed by atoms with Gasteiger partial charge in [0.05, 0.1) is 0 Å². The van der Waals surface area contributed by atoms with Gasteiger partial charge in [0.2, 0.25) is 11.8 Å². The van der Waals surface area contributed by atoms with Crippen molar-refractivity contribution in [1.29, 1.82) is 0 Å². The van der Waals surface area contributed by atoms with Crippen molar-refractivity contribution in [2.45, 2.75) is 26.7 Å². The van der Waals surface area contributed by atoms with Crippen LogP contribution in [0, 0.1) is 19.8 Å². The average Bonchev–Trinajstić information content (AvgIpc) is 2.76. The fourth-order valence-electron chi connectivity index (χ4n) is 4.16. The van der Waals surface area contributed by atoms with Crippen LogP contribution in [0.25, 0.3) is 0 Å². The molecule has 2 aliphatic rings. The van der Waals surface area contributed by atoms with Gasteiger partial charge in [-0.2, -0.15) is 0 Å². The van der Waals surface area contributed by atoms with Gasteiger partial charge in [-0.05, 0) is 56.0 Å². The summed E-state index contributed by atoms with van der Waals surface area (Å²) in [6.45, 7) is 10.8. The van der Waals surface area contributed by atoms with E-state index in [4.69, 9.17) is 4.74 Å². The molecular formula is C23H31N3O4. The number of ether oxygens (including phenoxy) is 1. The Morgan fingerprint density at radius 1 is 0.933 bits per heavy atom. The second-order valence-corrected chi connectivity index (χ2v) is 8.12. The lowest BCUT2D eigenvalue weighted by Gasteiger charge is -2.38. The van der Waals surface area contributed by atoms with Gasteiger partial charge in [-0.1, -0.05) is 12.6 Å². The average molecular weight is 414 g/mol. The molecule has 0 atom stereocenters. The van der Waals surface area contributed by atoms with Crippen LogP contribution < -0.4 is 4.74 Å². The standard InChI is InChI=1S/C23H31N3O4/c1-4-21(27)24-7-5-19(6-8-24)23(29)26-11-9-25(10-12-26)22(28)16-30-20-14-17(2)13-18(3)15-20/h4,13-15,19H,1,5-12,16H2,2-3H3. The van der Waals surface area contributed by atoms with E-state index in [1.807, 2.05) is 30.9 Å². The van der Waals surface area contributed by atoms with Crippen molar-refractivity contribution < 1.29 is 19.1 Å². The Morgan fingerprint density at radius 3 is 2.07 bits per heavy atom. The number of nitrogens with zero attached hydrogens (tertiary/aromatic N) is 3. The lowest BCUT2D eigenvalue weighted by molar-refractivity contribution is -0.144. The number of hydrogen-bond acceptors (Lipinski definition) is 4. The Kier molecular flexibility index (Phi) is 7.13. The van der Waals surface area contributed by atoms with E-state index in [0.29, 0.717) is 57.9 Å². The third kappa shape index (κ3) is 5.40. The highest BCUT2D eigenvalue weighted by atomic mass is 16.5. The number of piperidine rings is 1. The van der Waals surface area contributed by atoms with Crippen LogP contribution in [0.15, 0.2) is 30.9 Å². The quantitative estimate of drug-likeness (QED) is 0.690. The van der Waals surface area contributed by atoms with Gasteiger partial charge < -0.3 is 19.4 Å². The minimum atomic E-state index is -0.0731. The van der Waals surface area contributed by atoms with Crippen LogP contribution in [0.5, 0.6) is 5.75 Å². The topological polar surface area (TPSA) is 70.2 Å². The van der Waals surface area contributed by atoms with Crippen molar-refractivity contribution >= 4 is 17.7 Å². The van der Waals surface area contributed by atoms with Crippen LogP contribution >= 0.6 is 0 Å². The summed E-state index contributed by atoms with van der Waals surface area (Å²) >= 11 is 0. The van der Waals surface area contributed by atoms with Gasteiger partial charge >= 0.3 is 0 Å². The SMILES string of the molecule is C=CC(=O)N1CCC(C(=O)N2CCN(C(=O)COc3cc(C)cc(C)c3)CC2)CC1. The van der Waals surface area contributed by atoms with E-state index in [1.54, 1.807) is 9.80 Å². The first-order valence-corrected chi connectivity index (χ1v) is 10.6. The Balaban J connectivity index is 1.43. The molecule has 3 amide bonds. The van der Waals surface area contributed by atoms with Gasteiger partial charge in [0.15, 0.2) is 6.61 Å². The first-order chi connectivity index (χ1) is 14.4. The smallest absolute Gasteiger partial charge is 0.260 e. The molecule has 3 rings (SSSR count). The van der Waals surface area contributed by atoms with Gasteiger partial charge in [0, 0.05) is 45.2 Å². The van der Waals surface area contributed by atoms with Crippen molar-refractivity contribution in [1.82, 2.24) is 14.7 Å². The zero-order valence-electron chi connectivity index (χ0n) is 17.9. The number of aryl methyl sites for hydroxylation is 2. The van der Waals surface area contributed by atoms with Crippen molar-refractivity contribution in [3.8, 4) is 5.75 Å². The summed E-state index contributed by atoms with van der Waals surface area (Å²) in [4.78, 5) is 42.4. The predicted octanol–water partition coefficient (Wildman–Crippen LogP) is 1.78. The number of carbonyl (C=O) groups excluding carboxylic acids is 3. The molecule has 1 aromatic carbocycles. The fraction of sp³-hybridized carbons (Fsp3) is 0.522. The minimum absolute atomic E-state index is 0.00658. The summed E-state index contributed by atoms with van der Waals surface area (Å²) < 4.78 is 5.68.